The molecular formula is C21H18F2N2O3S. The van der Waals surface area contributed by atoms with Gasteiger partial charge in [0.25, 0.3) is 5.56 Å². The van der Waals surface area contributed by atoms with Crippen LogP contribution in [0.1, 0.15) is 12.8 Å². The molecule has 0 N–H and O–H groups in total. The quantitative estimate of drug-likeness (QED) is 0.636. The first-order valence-electron chi connectivity index (χ1n) is 9.10. The fourth-order valence-electron chi connectivity index (χ4n) is 3.19. The Morgan fingerprint density at radius 1 is 1.03 bits per heavy atom. The van der Waals surface area contributed by atoms with Gasteiger partial charge in [0, 0.05) is 18.4 Å². The monoisotopic (exact) mass is 416 g/mol. The standard InChI is InChI=1S/C21H18F2N2O3S/c1-29(27,28)16-7-4-14(5-8-16)17-11-24-25(12-13-2-3-13)21(26)20(17)15-6-9-18(22)19(23)10-15/h4-11,13H,2-3,12H2,1H3. The van der Waals surface area contributed by atoms with Crippen LogP contribution in [0, 0.1) is 17.6 Å². The number of rotatable bonds is 5. The molecule has 0 bridgehead atoms. The molecule has 2 aromatic carbocycles. The zero-order valence-electron chi connectivity index (χ0n) is 15.6. The van der Waals surface area contributed by atoms with Gasteiger partial charge in [0.05, 0.1) is 16.7 Å². The van der Waals surface area contributed by atoms with Crippen molar-refractivity contribution in [1.82, 2.24) is 9.78 Å². The Bertz CT molecular complexity index is 1250. The third-order valence-corrected chi connectivity index (χ3v) is 6.10. The van der Waals surface area contributed by atoms with Gasteiger partial charge in [0.1, 0.15) is 0 Å². The zero-order chi connectivity index (χ0) is 20.8. The smallest absolute Gasteiger partial charge is 0.267 e. The van der Waals surface area contributed by atoms with E-state index in [1.165, 1.54) is 29.1 Å². The van der Waals surface area contributed by atoms with Crippen molar-refractivity contribution in [3.8, 4) is 22.3 Å². The zero-order valence-corrected chi connectivity index (χ0v) is 16.4. The summed E-state index contributed by atoms with van der Waals surface area (Å²) < 4.78 is 52.1. The number of sulfone groups is 1. The molecule has 1 aliphatic carbocycles. The number of hydrogen-bond acceptors (Lipinski definition) is 4. The van der Waals surface area contributed by atoms with Gasteiger partial charge in [-0.15, -0.1) is 0 Å². The molecule has 0 saturated heterocycles. The second kappa shape index (κ2) is 7.18. The summed E-state index contributed by atoms with van der Waals surface area (Å²) in [5.74, 6) is -1.65. The van der Waals surface area contributed by atoms with Gasteiger partial charge in [-0.3, -0.25) is 4.79 Å². The fraction of sp³-hybridized carbons (Fsp3) is 0.238. The van der Waals surface area contributed by atoms with Crippen LogP contribution in [0.25, 0.3) is 22.3 Å². The van der Waals surface area contributed by atoms with E-state index in [0.29, 0.717) is 23.6 Å². The van der Waals surface area contributed by atoms with Crippen molar-refractivity contribution in [1.29, 1.82) is 0 Å². The topological polar surface area (TPSA) is 69.0 Å². The number of aromatic nitrogens is 2. The number of nitrogens with zero attached hydrogens (tertiary/aromatic N) is 2. The molecule has 8 heteroatoms. The third kappa shape index (κ3) is 3.98. The van der Waals surface area contributed by atoms with Crippen molar-refractivity contribution in [2.75, 3.05) is 6.26 Å². The summed E-state index contributed by atoms with van der Waals surface area (Å²) >= 11 is 0. The highest BCUT2D eigenvalue weighted by atomic mass is 32.2. The third-order valence-electron chi connectivity index (χ3n) is 4.97. The van der Waals surface area contributed by atoms with E-state index in [4.69, 9.17) is 0 Å². The lowest BCUT2D eigenvalue weighted by atomic mass is 9.97. The molecule has 1 aromatic heterocycles. The molecule has 1 fully saturated rings. The maximum absolute atomic E-state index is 13.9. The summed E-state index contributed by atoms with van der Waals surface area (Å²) in [6.45, 7) is 0.475. The van der Waals surface area contributed by atoms with E-state index in [1.54, 1.807) is 12.1 Å². The van der Waals surface area contributed by atoms with Gasteiger partial charge in [0.15, 0.2) is 21.5 Å². The Balaban J connectivity index is 1.89. The second-order valence-corrected chi connectivity index (χ2v) is 9.31. The summed E-state index contributed by atoms with van der Waals surface area (Å²) in [6, 6.07) is 9.34. The Labute approximate surface area is 166 Å². The number of benzene rings is 2. The highest BCUT2D eigenvalue weighted by Gasteiger charge is 2.24. The minimum absolute atomic E-state index is 0.144. The Kier molecular flexibility index (Phi) is 4.82. The first-order chi connectivity index (χ1) is 13.7. The molecule has 4 rings (SSSR count). The summed E-state index contributed by atoms with van der Waals surface area (Å²) in [7, 11) is -3.37. The first kappa shape index (κ1) is 19.4. The van der Waals surface area contributed by atoms with Crippen molar-refractivity contribution in [2.24, 2.45) is 5.92 Å². The summed E-state index contributed by atoms with van der Waals surface area (Å²) in [4.78, 5) is 13.3. The summed E-state index contributed by atoms with van der Waals surface area (Å²) in [5.41, 5.74) is 1.02. The van der Waals surface area contributed by atoms with Gasteiger partial charge in [-0.25, -0.2) is 21.9 Å². The molecule has 0 aliphatic heterocycles. The van der Waals surface area contributed by atoms with Gasteiger partial charge < -0.3 is 0 Å². The lowest BCUT2D eigenvalue weighted by Crippen LogP contribution is -2.25. The van der Waals surface area contributed by atoms with Crippen LogP contribution in [0.5, 0.6) is 0 Å². The minimum Gasteiger partial charge on any atom is -0.267 e. The van der Waals surface area contributed by atoms with Gasteiger partial charge in [0.2, 0.25) is 0 Å². The Morgan fingerprint density at radius 2 is 1.69 bits per heavy atom. The first-order valence-corrected chi connectivity index (χ1v) is 11.0. The maximum Gasteiger partial charge on any atom is 0.275 e. The van der Waals surface area contributed by atoms with Crippen LogP contribution in [-0.4, -0.2) is 24.5 Å². The van der Waals surface area contributed by atoms with E-state index in [9.17, 15) is 22.0 Å². The lowest BCUT2D eigenvalue weighted by molar-refractivity contribution is 0.509. The molecule has 0 amide bonds. The van der Waals surface area contributed by atoms with Crippen LogP contribution >= 0.6 is 0 Å². The molecule has 1 aliphatic rings. The molecular weight excluding hydrogens is 398 g/mol. The average Bonchev–Trinajstić information content (AvgIpc) is 3.49. The number of hydrogen-bond donors (Lipinski definition) is 0. The van der Waals surface area contributed by atoms with E-state index in [0.717, 1.165) is 31.2 Å². The molecule has 3 aromatic rings. The normalized spacial score (nSPS) is 14.2. The molecule has 5 nitrogen and oxygen atoms in total. The van der Waals surface area contributed by atoms with Crippen LogP contribution in [-0.2, 0) is 16.4 Å². The maximum atomic E-state index is 13.9. The molecule has 1 saturated carbocycles. The molecule has 0 radical (unpaired) electrons. The van der Waals surface area contributed by atoms with E-state index in [-0.39, 0.29) is 16.0 Å². The van der Waals surface area contributed by atoms with Crippen molar-refractivity contribution in [2.45, 2.75) is 24.3 Å². The van der Waals surface area contributed by atoms with Gasteiger partial charge in [-0.05, 0) is 54.2 Å². The van der Waals surface area contributed by atoms with Gasteiger partial charge >= 0.3 is 0 Å². The van der Waals surface area contributed by atoms with Crippen LogP contribution in [0.4, 0.5) is 8.78 Å². The molecule has 0 unspecified atom stereocenters. The van der Waals surface area contributed by atoms with Crippen molar-refractivity contribution < 1.29 is 17.2 Å². The minimum atomic E-state index is -3.37. The molecule has 1 heterocycles. The van der Waals surface area contributed by atoms with Crippen LogP contribution in [0.2, 0.25) is 0 Å². The Hall–Kier alpha value is -2.87. The largest absolute Gasteiger partial charge is 0.275 e. The summed E-state index contributed by atoms with van der Waals surface area (Å²) in [6.07, 6.45) is 4.68. The lowest BCUT2D eigenvalue weighted by Gasteiger charge is -2.13. The van der Waals surface area contributed by atoms with E-state index < -0.39 is 27.0 Å². The highest BCUT2D eigenvalue weighted by Crippen LogP contribution is 2.32. The SMILES string of the molecule is CS(=O)(=O)c1ccc(-c2cnn(CC3CC3)c(=O)c2-c2ccc(F)c(F)c2)cc1. The van der Waals surface area contributed by atoms with Crippen molar-refractivity contribution in [3.05, 3.63) is 70.6 Å². The predicted molar refractivity (Wildman–Crippen MR) is 105 cm³/mol. The van der Waals surface area contributed by atoms with Crippen molar-refractivity contribution in [3.63, 3.8) is 0 Å². The number of halogens is 2. The molecule has 0 spiro atoms. The molecule has 0 atom stereocenters. The van der Waals surface area contributed by atoms with Gasteiger partial charge in [-0.2, -0.15) is 5.10 Å². The van der Waals surface area contributed by atoms with Crippen LogP contribution < -0.4 is 5.56 Å². The van der Waals surface area contributed by atoms with Crippen molar-refractivity contribution >= 4 is 9.84 Å². The van der Waals surface area contributed by atoms with Crippen LogP contribution in [0.3, 0.4) is 0 Å². The Morgan fingerprint density at radius 3 is 2.28 bits per heavy atom. The highest BCUT2D eigenvalue weighted by molar-refractivity contribution is 7.90. The average molecular weight is 416 g/mol. The van der Waals surface area contributed by atoms with Crippen LogP contribution in [0.15, 0.2) is 58.4 Å². The summed E-state index contributed by atoms with van der Waals surface area (Å²) in [5, 5.41) is 4.25. The molecule has 150 valence electrons. The second-order valence-electron chi connectivity index (χ2n) is 7.29. The van der Waals surface area contributed by atoms with E-state index >= 15 is 0 Å². The van der Waals surface area contributed by atoms with E-state index in [2.05, 4.69) is 5.10 Å². The fourth-order valence-corrected chi connectivity index (χ4v) is 3.83. The van der Waals surface area contributed by atoms with E-state index in [1.807, 2.05) is 0 Å². The molecule has 29 heavy (non-hydrogen) atoms. The van der Waals surface area contributed by atoms with Gasteiger partial charge in [-0.1, -0.05) is 18.2 Å². The predicted octanol–water partition coefficient (Wildman–Crippen LogP) is 3.67.